The molecule has 0 aliphatic heterocycles. The molecule has 0 radical (unpaired) electrons. The third-order valence-electron chi connectivity index (χ3n) is 3.07. The summed E-state index contributed by atoms with van der Waals surface area (Å²) in [5.74, 6) is 0.961. The molecule has 102 valence electrons. The Labute approximate surface area is 118 Å². The Morgan fingerprint density at radius 3 is 2.79 bits per heavy atom. The predicted molar refractivity (Wildman–Crippen MR) is 79.9 cm³/mol. The van der Waals surface area contributed by atoms with E-state index in [0.29, 0.717) is 6.61 Å². The molecule has 0 aliphatic rings. The zero-order valence-electron chi connectivity index (χ0n) is 11.9. The van der Waals surface area contributed by atoms with Crippen molar-refractivity contribution in [1.82, 2.24) is 10.3 Å². The van der Waals surface area contributed by atoms with Crippen LogP contribution in [0.3, 0.4) is 0 Å². The highest BCUT2D eigenvalue weighted by atomic mass is 32.1. The number of hydrogen-bond donors (Lipinski definition) is 1. The van der Waals surface area contributed by atoms with Crippen LogP contribution < -0.4 is 10.1 Å². The van der Waals surface area contributed by atoms with Crippen molar-refractivity contribution in [2.45, 2.75) is 33.9 Å². The van der Waals surface area contributed by atoms with E-state index in [1.807, 2.05) is 13.2 Å². The fraction of sp³-hybridized carbons (Fsp3) is 0.400. The van der Waals surface area contributed by atoms with Crippen molar-refractivity contribution in [1.29, 1.82) is 0 Å². The minimum absolute atomic E-state index is 0.540. The van der Waals surface area contributed by atoms with Crippen molar-refractivity contribution >= 4 is 11.3 Å². The molecule has 0 aliphatic carbocycles. The van der Waals surface area contributed by atoms with Gasteiger partial charge in [0.15, 0.2) is 0 Å². The van der Waals surface area contributed by atoms with Gasteiger partial charge in [-0.3, -0.25) is 0 Å². The summed E-state index contributed by atoms with van der Waals surface area (Å²) in [6.07, 6.45) is 1.91. The number of benzene rings is 1. The monoisotopic (exact) mass is 276 g/mol. The van der Waals surface area contributed by atoms with Gasteiger partial charge in [0.1, 0.15) is 17.4 Å². The molecule has 2 rings (SSSR count). The number of nitrogens with zero attached hydrogens (tertiary/aromatic N) is 1. The normalized spacial score (nSPS) is 10.7. The molecule has 0 unspecified atom stereocenters. The largest absolute Gasteiger partial charge is 0.486 e. The highest BCUT2D eigenvalue weighted by Gasteiger charge is 2.06. The summed E-state index contributed by atoms with van der Waals surface area (Å²) >= 11 is 1.69. The second-order valence-corrected chi connectivity index (χ2v) is 5.94. The average Bonchev–Trinajstić information content (AvgIpc) is 2.80. The van der Waals surface area contributed by atoms with E-state index >= 15 is 0 Å². The Balaban J connectivity index is 2.05. The number of thiazole rings is 1. The van der Waals surface area contributed by atoms with Gasteiger partial charge in [0, 0.05) is 17.6 Å². The van der Waals surface area contributed by atoms with E-state index in [4.69, 9.17) is 4.74 Å². The van der Waals surface area contributed by atoms with Gasteiger partial charge in [0.25, 0.3) is 0 Å². The summed E-state index contributed by atoms with van der Waals surface area (Å²) in [6.45, 7) is 7.70. The SMILES string of the molecule is CNCc1cnc(COc2cc(C)cc(C)c2C)s1. The molecule has 0 bridgehead atoms. The summed E-state index contributed by atoms with van der Waals surface area (Å²) in [5.41, 5.74) is 3.70. The lowest BCUT2D eigenvalue weighted by Gasteiger charge is -2.11. The second kappa shape index (κ2) is 6.17. The van der Waals surface area contributed by atoms with E-state index in [1.165, 1.54) is 21.6 Å². The molecular formula is C15H20N2OS. The van der Waals surface area contributed by atoms with Crippen molar-refractivity contribution in [3.05, 3.63) is 44.9 Å². The molecule has 4 heteroatoms. The van der Waals surface area contributed by atoms with Gasteiger partial charge >= 0.3 is 0 Å². The minimum Gasteiger partial charge on any atom is -0.486 e. The van der Waals surface area contributed by atoms with Crippen LogP contribution >= 0.6 is 11.3 Å². The number of nitrogens with one attached hydrogen (secondary N) is 1. The molecular weight excluding hydrogens is 256 g/mol. The molecule has 19 heavy (non-hydrogen) atoms. The molecule has 1 heterocycles. The minimum atomic E-state index is 0.540. The molecule has 2 aromatic rings. The van der Waals surface area contributed by atoms with E-state index in [9.17, 15) is 0 Å². The van der Waals surface area contributed by atoms with Gasteiger partial charge < -0.3 is 10.1 Å². The van der Waals surface area contributed by atoms with E-state index in [-0.39, 0.29) is 0 Å². The first-order chi connectivity index (χ1) is 9.10. The van der Waals surface area contributed by atoms with Crippen LogP contribution in [0.25, 0.3) is 0 Å². The summed E-state index contributed by atoms with van der Waals surface area (Å²) in [7, 11) is 1.94. The van der Waals surface area contributed by atoms with Gasteiger partial charge in [-0.25, -0.2) is 4.98 Å². The topological polar surface area (TPSA) is 34.2 Å². The molecule has 0 fully saturated rings. The molecule has 1 N–H and O–H groups in total. The molecule has 0 saturated carbocycles. The maximum atomic E-state index is 5.90. The molecule has 1 aromatic heterocycles. The van der Waals surface area contributed by atoms with Crippen molar-refractivity contribution in [2.75, 3.05) is 7.05 Å². The van der Waals surface area contributed by atoms with Crippen LogP contribution in [0.2, 0.25) is 0 Å². The van der Waals surface area contributed by atoms with E-state index in [2.05, 4.69) is 43.2 Å². The lowest BCUT2D eigenvalue weighted by atomic mass is 10.1. The third-order valence-corrected chi connectivity index (χ3v) is 4.04. The number of hydrogen-bond acceptors (Lipinski definition) is 4. The second-order valence-electron chi connectivity index (χ2n) is 4.74. The standard InChI is InChI=1S/C15H20N2OS/c1-10-5-11(2)12(3)14(6-10)18-9-15-17-8-13(19-15)7-16-4/h5-6,8,16H,7,9H2,1-4H3. The average molecular weight is 276 g/mol. The van der Waals surface area contributed by atoms with E-state index in [0.717, 1.165) is 17.3 Å². The lowest BCUT2D eigenvalue weighted by molar-refractivity contribution is 0.303. The molecule has 0 atom stereocenters. The molecule has 3 nitrogen and oxygen atoms in total. The molecule has 0 amide bonds. The van der Waals surface area contributed by atoms with Crippen molar-refractivity contribution in [3.63, 3.8) is 0 Å². The van der Waals surface area contributed by atoms with E-state index < -0.39 is 0 Å². The lowest BCUT2D eigenvalue weighted by Crippen LogP contribution is -2.02. The van der Waals surface area contributed by atoms with Crippen LogP contribution in [0.5, 0.6) is 5.75 Å². The Morgan fingerprint density at radius 2 is 2.05 bits per heavy atom. The summed E-state index contributed by atoms with van der Waals surface area (Å²) < 4.78 is 5.90. The van der Waals surface area contributed by atoms with Crippen LogP contribution in [-0.4, -0.2) is 12.0 Å². The highest BCUT2D eigenvalue weighted by Crippen LogP contribution is 2.24. The number of rotatable bonds is 5. The van der Waals surface area contributed by atoms with Crippen molar-refractivity contribution in [3.8, 4) is 5.75 Å². The van der Waals surface area contributed by atoms with Gasteiger partial charge in [-0.2, -0.15) is 0 Å². The van der Waals surface area contributed by atoms with Gasteiger partial charge in [-0.15, -0.1) is 11.3 Å². The summed E-state index contributed by atoms with van der Waals surface area (Å²) in [6, 6.07) is 4.26. The van der Waals surface area contributed by atoms with Crippen LogP contribution in [0.1, 0.15) is 26.6 Å². The fourth-order valence-electron chi connectivity index (χ4n) is 1.96. The van der Waals surface area contributed by atoms with Crippen LogP contribution in [-0.2, 0) is 13.2 Å². The Kier molecular flexibility index (Phi) is 4.56. The first-order valence-corrected chi connectivity index (χ1v) is 7.20. The number of aromatic nitrogens is 1. The van der Waals surface area contributed by atoms with Gasteiger partial charge in [-0.05, 0) is 50.6 Å². The molecule has 0 saturated heterocycles. The van der Waals surface area contributed by atoms with Crippen LogP contribution in [0, 0.1) is 20.8 Å². The first kappa shape index (κ1) is 14.0. The summed E-state index contributed by atoms with van der Waals surface area (Å²) in [5, 5.41) is 4.14. The Bertz CT molecular complexity index is 563. The van der Waals surface area contributed by atoms with E-state index in [1.54, 1.807) is 11.3 Å². The van der Waals surface area contributed by atoms with Crippen LogP contribution in [0.4, 0.5) is 0 Å². The van der Waals surface area contributed by atoms with Crippen molar-refractivity contribution in [2.24, 2.45) is 0 Å². The maximum Gasteiger partial charge on any atom is 0.140 e. The molecule has 1 aromatic carbocycles. The maximum absolute atomic E-state index is 5.90. The smallest absolute Gasteiger partial charge is 0.140 e. The van der Waals surface area contributed by atoms with Gasteiger partial charge in [-0.1, -0.05) is 6.07 Å². The zero-order chi connectivity index (χ0) is 13.8. The summed E-state index contributed by atoms with van der Waals surface area (Å²) in [4.78, 5) is 5.61. The van der Waals surface area contributed by atoms with Crippen molar-refractivity contribution < 1.29 is 4.74 Å². The highest BCUT2D eigenvalue weighted by molar-refractivity contribution is 7.11. The zero-order valence-corrected chi connectivity index (χ0v) is 12.7. The first-order valence-electron chi connectivity index (χ1n) is 6.39. The molecule has 0 spiro atoms. The Morgan fingerprint density at radius 1 is 1.26 bits per heavy atom. The number of ether oxygens (including phenoxy) is 1. The third kappa shape index (κ3) is 3.55. The quantitative estimate of drug-likeness (QED) is 0.909. The van der Waals surface area contributed by atoms with Gasteiger partial charge in [0.05, 0.1) is 0 Å². The fourth-order valence-corrected chi connectivity index (χ4v) is 2.81. The van der Waals surface area contributed by atoms with Gasteiger partial charge in [0.2, 0.25) is 0 Å². The predicted octanol–water partition coefficient (Wildman–Crippen LogP) is 3.37. The number of aryl methyl sites for hydroxylation is 2. The van der Waals surface area contributed by atoms with Crippen LogP contribution in [0.15, 0.2) is 18.3 Å². The Hall–Kier alpha value is -1.39.